The largest absolute Gasteiger partial charge is 0.492 e. The zero-order valence-electron chi connectivity index (χ0n) is 13.0. The van der Waals surface area contributed by atoms with E-state index in [-0.39, 0.29) is 0 Å². The van der Waals surface area contributed by atoms with E-state index in [9.17, 15) is 0 Å². The van der Waals surface area contributed by atoms with Crippen molar-refractivity contribution in [3.05, 3.63) is 30.5 Å². The molecule has 0 radical (unpaired) electrons. The van der Waals surface area contributed by atoms with Crippen LogP contribution in [0.4, 0.5) is 0 Å². The Kier molecular flexibility index (Phi) is 3.58. The molecule has 0 spiro atoms. The summed E-state index contributed by atoms with van der Waals surface area (Å²) in [6.45, 7) is 6.18. The smallest absolute Gasteiger partial charge is 0.119 e. The number of hydrogen-bond donors (Lipinski definition) is 0. The maximum Gasteiger partial charge on any atom is 0.119 e. The van der Waals surface area contributed by atoms with Gasteiger partial charge < -0.3 is 4.74 Å². The van der Waals surface area contributed by atoms with Crippen molar-refractivity contribution < 1.29 is 4.74 Å². The Morgan fingerprint density at radius 1 is 1.23 bits per heavy atom. The third kappa shape index (κ3) is 3.14. The van der Waals surface area contributed by atoms with Crippen LogP contribution in [0.25, 0.3) is 11.3 Å². The highest BCUT2D eigenvalue weighted by Crippen LogP contribution is 2.33. The minimum absolute atomic E-state index is 0.629. The second kappa shape index (κ2) is 5.72. The Balaban J connectivity index is 1.30. The number of benzene rings is 1. The van der Waals surface area contributed by atoms with Gasteiger partial charge >= 0.3 is 0 Å². The summed E-state index contributed by atoms with van der Waals surface area (Å²) in [7, 11) is 0. The van der Waals surface area contributed by atoms with E-state index in [1.54, 1.807) is 0 Å². The lowest BCUT2D eigenvalue weighted by atomic mass is 10.2. The van der Waals surface area contributed by atoms with E-state index in [1.165, 1.54) is 25.9 Å². The molecule has 2 heterocycles. The Morgan fingerprint density at radius 3 is 2.73 bits per heavy atom. The van der Waals surface area contributed by atoms with E-state index in [0.717, 1.165) is 36.1 Å². The lowest BCUT2D eigenvalue weighted by Gasteiger charge is -2.07. The highest BCUT2D eigenvalue weighted by atomic mass is 16.5. The monoisotopic (exact) mass is 298 g/mol. The second-order valence-corrected chi connectivity index (χ2v) is 6.35. The first-order chi connectivity index (χ1) is 10.8. The first-order valence-electron chi connectivity index (χ1n) is 8.19. The fourth-order valence-electron chi connectivity index (χ4n) is 2.74. The molecule has 2 aliphatic rings. The minimum atomic E-state index is 0.629. The molecule has 1 aromatic carbocycles. The summed E-state index contributed by atoms with van der Waals surface area (Å²) < 4.78 is 7.73. The molecular formula is C17H22N4O. The van der Waals surface area contributed by atoms with Crippen LogP contribution in [0.2, 0.25) is 0 Å². The topological polar surface area (TPSA) is 43.0 Å². The van der Waals surface area contributed by atoms with Gasteiger partial charge in [-0.15, -0.1) is 5.10 Å². The first-order valence-corrected chi connectivity index (χ1v) is 8.19. The van der Waals surface area contributed by atoms with Crippen LogP contribution in [0, 0.1) is 5.92 Å². The number of nitrogens with zero attached hydrogens (tertiary/aromatic N) is 4. The molecule has 22 heavy (non-hydrogen) atoms. The zero-order chi connectivity index (χ0) is 14.9. The maximum absolute atomic E-state index is 5.90. The molecule has 4 rings (SSSR count). The molecule has 116 valence electrons. The minimum Gasteiger partial charge on any atom is -0.492 e. The highest BCUT2D eigenvalue weighted by Gasteiger charge is 2.38. The van der Waals surface area contributed by atoms with Gasteiger partial charge in [0.15, 0.2) is 0 Å². The predicted molar refractivity (Wildman–Crippen MR) is 84.7 cm³/mol. The molecule has 0 bridgehead atoms. The van der Waals surface area contributed by atoms with Crippen LogP contribution in [-0.2, 0) is 6.54 Å². The molecule has 1 aromatic heterocycles. The van der Waals surface area contributed by atoms with Gasteiger partial charge in [0, 0.05) is 25.2 Å². The molecule has 0 amide bonds. The summed E-state index contributed by atoms with van der Waals surface area (Å²) >= 11 is 0. The van der Waals surface area contributed by atoms with Gasteiger partial charge in [0.25, 0.3) is 0 Å². The van der Waals surface area contributed by atoms with Crippen molar-refractivity contribution in [2.24, 2.45) is 5.92 Å². The van der Waals surface area contributed by atoms with Crippen molar-refractivity contribution in [2.45, 2.75) is 32.4 Å². The van der Waals surface area contributed by atoms with Gasteiger partial charge in [-0.25, -0.2) is 0 Å². The quantitative estimate of drug-likeness (QED) is 0.736. The summed E-state index contributed by atoms with van der Waals surface area (Å²) in [6, 6.07) is 8.77. The van der Waals surface area contributed by atoms with E-state index in [1.807, 2.05) is 35.1 Å². The molecule has 5 nitrogen and oxygen atoms in total. The third-order valence-electron chi connectivity index (χ3n) is 4.47. The van der Waals surface area contributed by atoms with Crippen LogP contribution in [0.3, 0.4) is 0 Å². The van der Waals surface area contributed by atoms with Gasteiger partial charge in [-0.3, -0.25) is 9.58 Å². The number of aryl methyl sites for hydroxylation is 1. The van der Waals surface area contributed by atoms with Gasteiger partial charge in [-0.1, -0.05) is 5.21 Å². The molecule has 1 aliphatic carbocycles. The van der Waals surface area contributed by atoms with Gasteiger partial charge in [0.2, 0.25) is 0 Å². The standard InChI is InChI=1S/C17H22N4O/c1-2-21-11-17(18-19-21)14-5-7-16(8-6-14)22-12-15-10-20(15)9-13-3-4-13/h5-8,11,13,15H,2-4,9-10,12H2,1H3. The Labute approximate surface area is 130 Å². The average Bonchev–Trinajstić information content (AvgIpc) is 3.47. The Hall–Kier alpha value is -1.88. The van der Waals surface area contributed by atoms with E-state index in [4.69, 9.17) is 4.74 Å². The molecule has 2 unspecified atom stereocenters. The fraction of sp³-hybridized carbons (Fsp3) is 0.529. The molecule has 2 fully saturated rings. The van der Waals surface area contributed by atoms with Crippen LogP contribution in [0.5, 0.6) is 5.75 Å². The highest BCUT2D eigenvalue weighted by molar-refractivity contribution is 5.58. The van der Waals surface area contributed by atoms with Crippen molar-refractivity contribution in [2.75, 3.05) is 19.7 Å². The van der Waals surface area contributed by atoms with E-state index in [0.29, 0.717) is 6.04 Å². The molecule has 1 saturated heterocycles. The third-order valence-corrected chi connectivity index (χ3v) is 4.47. The van der Waals surface area contributed by atoms with Crippen LogP contribution in [0.1, 0.15) is 19.8 Å². The van der Waals surface area contributed by atoms with Crippen molar-refractivity contribution >= 4 is 0 Å². The van der Waals surface area contributed by atoms with Crippen LogP contribution in [-0.4, -0.2) is 45.6 Å². The zero-order valence-corrected chi connectivity index (χ0v) is 13.0. The lowest BCUT2D eigenvalue weighted by Crippen LogP contribution is -2.12. The maximum atomic E-state index is 5.90. The summed E-state index contributed by atoms with van der Waals surface area (Å²) in [4.78, 5) is 2.52. The molecule has 0 N–H and O–H groups in total. The predicted octanol–water partition coefficient (Wildman–Crippen LogP) is 2.44. The molecule has 1 saturated carbocycles. The lowest BCUT2D eigenvalue weighted by molar-refractivity contribution is 0.292. The van der Waals surface area contributed by atoms with Crippen LogP contribution >= 0.6 is 0 Å². The van der Waals surface area contributed by atoms with Crippen LogP contribution in [0.15, 0.2) is 30.5 Å². The average molecular weight is 298 g/mol. The molecule has 2 aromatic rings. The van der Waals surface area contributed by atoms with E-state index < -0.39 is 0 Å². The Bertz CT molecular complexity index is 632. The molecular weight excluding hydrogens is 276 g/mol. The van der Waals surface area contributed by atoms with Crippen molar-refractivity contribution in [1.82, 2.24) is 19.9 Å². The van der Waals surface area contributed by atoms with Crippen molar-refractivity contribution in [1.29, 1.82) is 0 Å². The number of hydrogen-bond acceptors (Lipinski definition) is 4. The summed E-state index contributed by atoms with van der Waals surface area (Å²) in [6.07, 6.45) is 4.82. The molecule has 1 aliphatic heterocycles. The molecule has 5 heteroatoms. The van der Waals surface area contributed by atoms with Gasteiger partial charge in [0.1, 0.15) is 18.1 Å². The SMILES string of the molecule is CCn1cc(-c2ccc(OCC3CN3CC3CC3)cc2)nn1. The van der Waals surface area contributed by atoms with Gasteiger partial charge in [-0.2, -0.15) is 0 Å². The molecule has 2 atom stereocenters. The summed E-state index contributed by atoms with van der Waals surface area (Å²) in [5, 5.41) is 8.25. The van der Waals surface area contributed by atoms with Gasteiger partial charge in [0.05, 0.1) is 12.2 Å². The van der Waals surface area contributed by atoms with Crippen LogP contribution < -0.4 is 4.74 Å². The van der Waals surface area contributed by atoms with Gasteiger partial charge in [-0.05, 0) is 49.9 Å². The van der Waals surface area contributed by atoms with Crippen molar-refractivity contribution in [3.63, 3.8) is 0 Å². The Morgan fingerprint density at radius 2 is 2.05 bits per heavy atom. The van der Waals surface area contributed by atoms with E-state index in [2.05, 4.69) is 22.1 Å². The normalized spacial score (nSPS) is 23.5. The number of ether oxygens (including phenoxy) is 1. The fourth-order valence-corrected chi connectivity index (χ4v) is 2.74. The second-order valence-electron chi connectivity index (χ2n) is 6.35. The van der Waals surface area contributed by atoms with E-state index >= 15 is 0 Å². The van der Waals surface area contributed by atoms with Crippen molar-refractivity contribution in [3.8, 4) is 17.0 Å². The first kappa shape index (κ1) is 13.8. The number of aromatic nitrogens is 3. The summed E-state index contributed by atoms with van der Waals surface area (Å²) in [5.74, 6) is 1.91. The summed E-state index contributed by atoms with van der Waals surface area (Å²) in [5.41, 5.74) is 1.99. The number of rotatable bonds is 7.